The lowest BCUT2D eigenvalue weighted by atomic mass is 9.84. The number of hydrogen-bond donors (Lipinski definition) is 1. The molecule has 112 valence electrons. The molecule has 2 aromatic rings. The number of rotatable bonds is 4. The number of benzene rings is 1. The van der Waals surface area contributed by atoms with Crippen LogP contribution in [0.2, 0.25) is 0 Å². The van der Waals surface area contributed by atoms with Crippen LogP contribution in [0.4, 0.5) is 0 Å². The van der Waals surface area contributed by atoms with Gasteiger partial charge in [0.05, 0.1) is 13.0 Å². The summed E-state index contributed by atoms with van der Waals surface area (Å²) in [5.41, 5.74) is 0.918. The molecule has 1 saturated carbocycles. The summed E-state index contributed by atoms with van der Waals surface area (Å²) in [4.78, 5) is 4.60. The van der Waals surface area contributed by atoms with Gasteiger partial charge in [0.25, 0.3) is 0 Å². The van der Waals surface area contributed by atoms with E-state index >= 15 is 0 Å². The van der Waals surface area contributed by atoms with Gasteiger partial charge in [-0.3, -0.25) is 0 Å². The Hall–Kier alpha value is -1.88. The summed E-state index contributed by atoms with van der Waals surface area (Å²) >= 11 is 0. The van der Waals surface area contributed by atoms with Crippen molar-refractivity contribution in [1.29, 1.82) is 0 Å². The van der Waals surface area contributed by atoms with E-state index in [1.54, 1.807) is 7.11 Å². The zero-order valence-corrected chi connectivity index (χ0v) is 12.5. The minimum absolute atomic E-state index is 0.315. The van der Waals surface area contributed by atoms with Gasteiger partial charge in [0, 0.05) is 11.6 Å². The molecule has 5 nitrogen and oxygen atoms in total. The molecule has 2 unspecified atom stereocenters. The molecule has 0 aliphatic heterocycles. The zero-order valence-electron chi connectivity index (χ0n) is 12.5. The van der Waals surface area contributed by atoms with Gasteiger partial charge in [-0.15, -0.1) is 0 Å². The fourth-order valence-corrected chi connectivity index (χ4v) is 3.04. The van der Waals surface area contributed by atoms with Crippen LogP contribution in [0, 0.1) is 0 Å². The Kier molecular flexibility index (Phi) is 4.20. The molecule has 0 bridgehead atoms. The highest BCUT2D eigenvalue weighted by atomic mass is 16.5. The van der Waals surface area contributed by atoms with Crippen LogP contribution in [0.25, 0.3) is 11.4 Å². The first-order valence-electron chi connectivity index (χ1n) is 7.47. The molecule has 21 heavy (non-hydrogen) atoms. The monoisotopic (exact) mass is 287 g/mol. The fraction of sp³-hybridized carbons (Fsp3) is 0.500. The van der Waals surface area contributed by atoms with Crippen molar-refractivity contribution in [2.45, 2.75) is 37.6 Å². The van der Waals surface area contributed by atoms with Crippen molar-refractivity contribution < 1.29 is 9.26 Å². The third kappa shape index (κ3) is 2.93. The van der Waals surface area contributed by atoms with E-state index in [0.717, 1.165) is 30.0 Å². The number of nitrogens with zero attached hydrogens (tertiary/aromatic N) is 2. The standard InChI is InChI=1S/C16H21N3O2/c1-17-14-9-4-3-8-13(14)16-18-15(19-21-16)11-6-5-7-12(10-11)20-2/h5-7,10,13-14,17H,3-4,8-9H2,1-2H3. The number of aromatic nitrogens is 2. The van der Waals surface area contributed by atoms with Crippen molar-refractivity contribution >= 4 is 0 Å². The van der Waals surface area contributed by atoms with Gasteiger partial charge < -0.3 is 14.6 Å². The summed E-state index contributed by atoms with van der Waals surface area (Å²) in [6, 6.07) is 8.15. The molecule has 1 aliphatic rings. The molecule has 1 N–H and O–H groups in total. The summed E-state index contributed by atoms with van der Waals surface area (Å²) in [6.45, 7) is 0. The third-order valence-corrected chi connectivity index (χ3v) is 4.22. The maximum atomic E-state index is 5.52. The number of methoxy groups -OCH3 is 1. The van der Waals surface area contributed by atoms with Crippen molar-refractivity contribution in [3.05, 3.63) is 30.2 Å². The average molecular weight is 287 g/mol. The fourth-order valence-electron chi connectivity index (χ4n) is 3.04. The maximum Gasteiger partial charge on any atom is 0.231 e. The quantitative estimate of drug-likeness (QED) is 0.936. The minimum Gasteiger partial charge on any atom is -0.497 e. The Labute approximate surface area is 124 Å². The molecular formula is C16H21N3O2. The Morgan fingerprint density at radius 3 is 2.95 bits per heavy atom. The number of nitrogens with one attached hydrogen (secondary N) is 1. The topological polar surface area (TPSA) is 60.2 Å². The Bertz CT molecular complexity index is 597. The van der Waals surface area contributed by atoms with Crippen LogP contribution in [0.3, 0.4) is 0 Å². The van der Waals surface area contributed by atoms with Crippen molar-refractivity contribution in [2.24, 2.45) is 0 Å². The van der Waals surface area contributed by atoms with E-state index in [4.69, 9.17) is 9.26 Å². The van der Waals surface area contributed by atoms with E-state index in [2.05, 4.69) is 15.5 Å². The zero-order chi connectivity index (χ0) is 14.7. The van der Waals surface area contributed by atoms with E-state index < -0.39 is 0 Å². The Balaban J connectivity index is 1.85. The number of hydrogen-bond acceptors (Lipinski definition) is 5. The van der Waals surface area contributed by atoms with Gasteiger partial charge in [0.15, 0.2) is 0 Å². The van der Waals surface area contributed by atoms with E-state index in [1.807, 2.05) is 31.3 Å². The van der Waals surface area contributed by atoms with Crippen LogP contribution >= 0.6 is 0 Å². The molecule has 3 rings (SSSR count). The smallest absolute Gasteiger partial charge is 0.231 e. The average Bonchev–Trinajstić information content (AvgIpc) is 3.04. The van der Waals surface area contributed by atoms with Crippen molar-refractivity contribution in [1.82, 2.24) is 15.5 Å². The second-order valence-electron chi connectivity index (χ2n) is 5.47. The summed E-state index contributed by atoms with van der Waals surface area (Å²) in [5, 5.41) is 7.51. The van der Waals surface area contributed by atoms with Gasteiger partial charge in [-0.2, -0.15) is 4.98 Å². The van der Waals surface area contributed by atoms with Crippen molar-refractivity contribution in [2.75, 3.05) is 14.2 Å². The highest BCUT2D eigenvalue weighted by molar-refractivity contribution is 5.56. The molecule has 1 aromatic carbocycles. The normalized spacial score (nSPS) is 22.2. The molecule has 0 saturated heterocycles. The van der Waals surface area contributed by atoms with Gasteiger partial charge in [-0.05, 0) is 32.0 Å². The summed E-state index contributed by atoms with van der Waals surface area (Å²) < 4.78 is 10.8. The van der Waals surface area contributed by atoms with Crippen LogP contribution in [0.5, 0.6) is 5.75 Å². The lowest BCUT2D eigenvalue weighted by Gasteiger charge is -2.28. The maximum absolute atomic E-state index is 5.52. The van der Waals surface area contributed by atoms with Crippen LogP contribution in [-0.4, -0.2) is 30.3 Å². The molecule has 5 heteroatoms. The first kappa shape index (κ1) is 14.1. The second kappa shape index (κ2) is 6.26. The number of ether oxygens (including phenoxy) is 1. The first-order chi connectivity index (χ1) is 10.3. The van der Waals surface area contributed by atoms with E-state index in [1.165, 1.54) is 12.8 Å². The molecular weight excluding hydrogens is 266 g/mol. The second-order valence-corrected chi connectivity index (χ2v) is 5.47. The van der Waals surface area contributed by atoms with Crippen molar-refractivity contribution in [3.63, 3.8) is 0 Å². The lowest BCUT2D eigenvalue weighted by Crippen LogP contribution is -2.34. The van der Waals surface area contributed by atoms with Crippen LogP contribution in [0.15, 0.2) is 28.8 Å². The summed E-state index contributed by atoms with van der Waals surface area (Å²) in [6.07, 6.45) is 4.75. The van der Waals surface area contributed by atoms with Gasteiger partial charge in [0.2, 0.25) is 11.7 Å². The van der Waals surface area contributed by atoms with Gasteiger partial charge in [-0.1, -0.05) is 30.1 Å². The molecule has 0 amide bonds. The largest absolute Gasteiger partial charge is 0.497 e. The van der Waals surface area contributed by atoms with Crippen molar-refractivity contribution in [3.8, 4) is 17.1 Å². The Morgan fingerprint density at radius 1 is 1.29 bits per heavy atom. The summed E-state index contributed by atoms with van der Waals surface area (Å²) in [7, 11) is 3.66. The summed E-state index contributed by atoms with van der Waals surface area (Å²) in [5.74, 6) is 2.48. The molecule has 1 heterocycles. The van der Waals surface area contributed by atoms with E-state index in [9.17, 15) is 0 Å². The van der Waals surface area contributed by atoms with Crippen LogP contribution in [-0.2, 0) is 0 Å². The highest BCUT2D eigenvalue weighted by Gasteiger charge is 2.29. The SMILES string of the molecule is CNC1CCCCC1c1nc(-c2cccc(OC)c2)no1. The molecule has 1 aliphatic carbocycles. The molecule has 2 atom stereocenters. The van der Waals surface area contributed by atoms with Gasteiger partial charge in [0.1, 0.15) is 5.75 Å². The third-order valence-electron chi connectivity index (χ3n) is 4.22. The van der Waals surface area contributed by atoms with E-state index in [0.29, 0.717) is 17.8 Å². The van der Waals surface area contributed by atoms with Gasteiger partial charge in [-0.25, -0.2) is 0 Å². The predicted molar refractivity (Wildman–Crippen MR) is 80.3 cm³/mol. The molecule has 0 spiro atoms. The highest BCUT2D eigenvalue weighted by Crippen LogP contribution is 2.33. The van der Waals surface area contributed by atoms with Crippen LogP contribution < -0.4 is 10.1 Å². The predicted octanol–water partition coefficient (Wildman–Crippen LogP) is 2.99. The minimum atomic E-state index is 0.315. The lowest BCUT2D eigenvalue weighted by molar-refractivity contribution is 0.270. The van der Waals surface area contributed by atoms with E-state index in [-0.39, 0.29) is 0 Å². The molecule has 0 radical (unpaired) electrons. The van der Waals surface area contributed by atoms with Crippen LogP contribution in [0.1, 0.15) is 37.5 Å². The number of likely N-dealkylation sites (N-methyl/N-ethyl adjacent to an activating group) is 1. The molecule has 1 fully saturated rings. The van der Waals surface area contributed by atoms with Gasteiger partial charge >= 0.3 is 0 Å². The molecule has 1 aromatic heterocycles. The Morgan fingerprint density at radius 2 is 2.14 bits per heavy atom. The first-order valence-corrected chi connectivity index (χ1v) is 7.47.